The Morgan fingerprint density at radius 1 is 0.881 bits per heavy atom. The van der Waals surface area contributed by atoms with Crippen molar-refractivity contribution in [3.63, 3.8) is 0 Å². The Morgan fingerprint density at radius 3 is 1.83 bits per heavy atom. The van der Waals surface area contributed by atoms with Crippen LogP contribution in [0.4, 0.5) is 17.2 Å². The zero-order chi connectivity index (χ0) is 33.3. The predicted molar refractivity (Wildman–Crippen MR) is 191 cm³/mol. The highest BCUT2D eigenvalue weighted by atomic mass is 35.5. The number of ether oxygens (including phenoxy) is 1. The Labute approximate surface area is 273 Å². The summed E-state index contributed by atoms with van der Waals surface area (Å²) in [6.07, 6.45) is 6.05. The third-order valence-electron chi connectivity index (χ3n) is 6.10. The molecule has 10 heteroatoms. The Hall–Kier alpha value is -1.67. The first-order valence-electron chi connectivity index (χ1n) is 15.8. The number of hydrogen-bond acceptors (Lipinski definition) is 7. The molecule has 1 aromatic heterocycles. The maximum atomic E-state index is 6.45. The van der Waals surface area contributed by atoms with E-state index >= 15 is 0 Å². The van der Waals surface area contributed by atoms with E-state index in [4.69, 9.17) is 51.0 Å². The van der Waals surface area contributed by atoms with Gasteiger partial charge in [0.05, 0.1) is 29.2 Å². The molecule has 1 aromatic carbocycles. The van der Waals surface area contributed by atoms with Crippen LogP contribution < -0.4 is 21.1 Å². The van der Waals surface area contributed by atoms with Crippen molar-refractivity contribution in [1.82, 2.24) is 14.9 Å². The number of likely N-dealkylation sites (N-methyl/N-ethyl adjacent to an activating group) is 1. The summed E-state index contributed by atoms with van der Waals surface area (Å²) in [6, 6.07) is 1.83. The molecule has 42 heavy (non-hydrogen) atoms. The fraction of sp³-hybridized carbons (Fsp3) is 0.688. The maximum Gasteiger partial charge on any atom is 0.224 e. The second-order valence-electron chi connectivity index (χ2n) is 8.64. The van der Waals surface area contributed by atoms with Gasteiger partial charge in [-0.1, -0.05) is 112 Å². The Kier molecular flexibility index (Phi) is 30.0. The number of hydrogen-bond donors (Lipinski definition) is 2. The van der Waals surface area contributed by atoms with Crippen LogP contribution in [0.5, 0.6) is 5.75 Å². The van der Waals surface area contributed by atoms with Crippen LogP contribution in [0.1, 0.15) is 101 Å². The number of nitrogen functional groups attached to an aromatic ring is 2. The molecule has 0 saturated carbocycles. The maximum absolute atomic E-state index is 6.45. The second-order valence-corrected chi connectivity index (χ2v) is 9.79. The second kappa shape index (κ2) is 28.1. The van der Waals surface area contributed by atoms with Crippen LogP contribution in [-0.4, -0.2) is 54.7 Å². The van der Waals surface area contributed by atoms with Crippen molar-refractivity contribution < 1.29 is 4.74 Å². The largest absolute Gasteiger partial charge is 0.491 e. The number of fused-ring (bicyclic) bond motifs is 1. The van der Waals surface area contributed by atoms with E-state index in [1.165, 1.54) is 24.6 Å². The van der Waals surface area contributed by atoms with E-state index in [2.05, 4.69) is 47.6 Å². The number of nitrogens with two attached hydrogens (primary N) is 2. The number of anilines is 3. The van der Waals surface area contributed by atoms with Crippen molar-refractivity contribution in [2.75, 3.05) is 56.2 Å². The average molecular weight is 652 g/mol. The summed E-state index contributed by atoms with van der Waals surface area (Å²) in [5.74, 6) is 1.99. The minimum atomic E-state index is 0.108. The van der Waals surface area contributed by atoms with Crippen LogP contribution in [0.15, 0.2) is 12.3 Å². The van der Waals surface area contributed by atoms with E-state index in [9.17, 15) is 0 Å². The van der Waals surface area contributed by atoms with Crippen LogP contribution in [-0.2, 0) is 6.42 Å². The first-order chi connectivity index (χ1) is 20.2. The van der Waals surface area contributed by atoms with E-state index in [-0.39, 0.29) is 11.1 Å². The number of piperazine rings is 1. The van der Waals surface area contributed by atoms with Crippen molar-refractivity contribution in [2.45, 2.75) is 102 Å². The number of aromatic nitrogens is 2. The molecule has 1 saturated heterocycles. The summed E-state index contributed by atoms with van der Waals surface area (Å²) in [5, 5.41) is 1.18. The Bertz CT molecular complexity index is 922. The first kappa shape index (κ1) is 44.8. The third kappa shape index (κ3) is 16.8. The van der Waals surface area contributed by atoms with Gasteiger partial charge in [-0.25, -0.2) is 4.98 Å². The molecule has 3 heterocycles. The molecule has 2 aromatic rings. The van der Waals surface area contributed by atoms with Crippen molar-refractivity contribution in [3.05, 3.63) is 33.2 Å². The van der Waals surface area contributed by atoms with E-state index in [0.29, 0.717) is 10.7 Å². The van der Waals surface area contributed by atoms with Gasteiger partial charge < -0.3 is 26.0 Å². The quantitative estimate of drug-likeness (QED) is 0.252. The van der Waals surface area contributed by atoms with Gasteiger partial charge in [0, 0.05) is 31.7 Å². The minimum absolute atomic E-state index is 0.108. The van der Waals surface area contributed by atoms with Crippen LogP contribution in [0.2, 0.25) is 15.3 Å². The Balaban J connectivity index is -0.000000556. The summed E-state index contributed by atoms with van der Waals surface area (Å²) in [6.45, 7) is 27.6. The predicted octanol–water partition coefficient (Wildman–Crippen LogP) is 9.91. The molecule has 4 rings (SSSR count). The van der Waals surface area contributed by atoms with Gasteiger partial charge in [0.15, 0.2) is 0 Å². The lowest BCUT2D eigenvalue weighted by molar-refractivity contribution is 0.288. The van der Waals surface area contributed by atoms with E-state index in [1.807, 2.05) is 61.5 Å². The standard InChI is InChI=1S/C14H20ClN3O.C6H14.C4H3Cl2N3.4C2H6/c1-17-4-6-18(7-5-17)13-10-3-2-8-19-14(10)12(16)9-11(13)15;1-4-6(3)5-2;5-2-1-8-4(6)9-3(2)7;4*1-2/h9H,2-8,16H2,1H3;6H,4-5H2,1-3H3;1H,(H2,7,8,9);4*1-2H3. The zero-order valence-corrected chi connectivity index (χ0v) is 30.8. The van der Waals surface area contributed by atoms with E-state index in [0.717, 1.165) is 68.0 Å². The molecule has 2 aliphatic heterocycles. The number of nitrogens with zero attached hydrogens (tertiary/aromatic N) is 4. The SMILES string of the molecule is CC.CC.CC.CC.CCC(C)CC.CN1CCN(c2c(Cl)cc(N)c3c2CCCO3)CC1.Nc1nc(Cl)ncc1Cl. The normalized spacial score (nSPS) is 13.1. The molecule has 0 atom stereocenters. The van der Waals surface area contributed by atoms with Gasteiger partial charge in [0.1, 0.15) is 16.6 Å². The zero-order valence-electron chi connectivity index (χ0n) is 28.6. The molecule has 0 spiro atoms. The molecule has 246 valence electrons. The van der Waals surface area contributed by atoms with E-state index in [1.54, 1.807) is 0 Å². The highest BCUT2D eigenvalue weighted by Crippen LogP contribution is 2.43. The fourth-order valence-electron chi connectivity index (χ4n) is 3.54. The monoisotopic (exact) mass is 650 g/mol. The topological polar surface area (TPSA) is 93.5 Å². The summed E-state index contributed by atoms with van der Waals surface area (Å²) >= 11 is 17.3. The number of benzene rings is 1. The van der Waals surface area contributed by atoms with Crippen molar-refractivity contribution >= 4 is 52.0 Å². The van der Waals surface area contributed by atoms with Gasteiger partial charge in [0.2, 0.25) is 5.28 Å². The molecule has 4 N–H and O–H groups in total. The van der Waals surface area contributed by atoms with Gasteiger partial charge in [-0.05, 0) is 43.5 Å². The van der Waals surface area contributed by atoms with Gasteiger partial charge >= 0.3 is 0 Å². The van der Waals surface area contributed by atoms with Crippen LogP contribution in [0.25, 0.3) is 0 Å². The summed E-state index contributed by atoms with van der Waals surface area (Å²) in [5.41, 5.74) is 14.3. The summed E-state index contributed by atoms with van der Waals surface area (Å²) in [7, 11) is 2.15. The fourth-order valence-corrected chi connectivity index (χ4v) is 4.12. The van der Waals surface area contributed by atoms with Crippen molar-refractivity contribution in [2.24, 2.45) is 5.92 Å². The smallest absolute Gasteiger partial charge is 0.224 e. The lowest BCUT2D eigenvalue weighted by Gasteiger charge is -2.37. The molecule has 0 unspecified atom stereocenters. The third-order valence-corrected chi connectivity index (χ3v) is 6.86. The van der Waals surface area contributed by atoms with Gasteiger partial charge in [-0.3, -0.25) is 0 Å². The summed E-state index contributed by atoms with van der Waals surface area (Å²) < 4.78 is 5.74. The van der Waals surface area contributed by atoms with Crippen molar-refractivity contribution in [1.29, 1.82) is 0 Å². The van der Waals surface area contributed by atoms with Crippen LogP contribution >= 0.6 is 34.8 Å². The van der Waals surface area contributed by atoms with Gasteiger partial charge in [-0.15, -0.1) is 0 Å². The number of rotatable bonds is 3. The number of halogens is 3. The van der Waals surface area contributed by atoms with Crippen LogP contribution in [0.3, 0.4) is 0 Å². The molecule has 0 bridgehead atoms. The van der Waals surface area contributed by atoms with Gasteiger partial charge in [-0.2, -0.15) is 4.98 Å². The first-order valence-corrected chi connectivity index (χ1v) is 16.9. The molecular formula is C32H61Cl3N6O. The lowest BCUT2D eigenvalue weighted by atomic mass is 10.0. The van der Waals surface area contributed by atoms with Crippen LogP contribution in [0, 0.1) is 5.92 Å². The highest BCUT2D eigenvalue weighted by molar-refractivity contribution is 6.34. The lowest BCUT2D eigenvalue weighted by Crippen LogP contribution is -2.45. The summed E-state index contributed by atoms with van der Waals surface area (Å²) in [4.78, 5) is 11.9. The molecule has 0 amide bonds. The molecule has 1 fully saturated rings. The molecule has 2 aliphatic rings. The van der Waals surface area contributed by atoms with Crippen molar-refractivity contribution in [3.8, 4) is 5.75 Å². The molecule has 7 nitrogen and oxygen atoms in total. The Morgan fingerprint density at radius 2 is 1.40 bits per heavy atom. The highest BCUT2D eigenvalue weighted by Gasteiger charge is 2.25. The molecule has 0 radical (unpaired) electrons. The van der Waals surface area contributed by atoms with E-state index < -0.39 is 0 Å². The van der Waals surface area contributed by atoms with Gasteiger partial charge in [0.25, 0.3) is 0 Å². The molecule has 0 aliphatic carbocycles. The average Bonchev–Trinajstić information content (AvgIpc) is 3.04. The minimum Gasteiger partial charge on any atom is -0.491 e. The molecular weight excluding hydrogens is 591 g/mol.